The molecule has 0 saturated heterocycles. The van der Waals surface area contributed by atoms with E-state index in [0.717, 1.165) is 22.6 Å². The summed E-state index contributed by atoms with van der Waals surface area (Å²) in [5, 5.41) is 1.18. The molecule has 0 aliphatic carbocycles. The van der Waals surface area contributed by atoms with E-state index in [1.165, 1.54) is 13.0 Å². The lowest BCUT2D eigenvalue weighted by molar-refractivity contribution is 0.0526. The Morgan fingerprint density at radius 2 is 1.51 bits per heavy atom. The van der Waals surface area contributed by atoms with Crippen LogP contribution in [0.3, 0.4) is 0 Å². The largest absolute Gasteiger partial charge is 0.462 e. The summed E-state index contributed by atoms with van der Waals surface area (Å²) in [4.78, 5) is 32.1. The Morgan fingerprint density at radius 1 is 0.829 bits per heavy atom. The molecule has 7 heteroatoms. The molecular formula is C34H24F2N2O3. The molecule has 0 bridgehead atoms. The SMILES string of the molecule is CCOC(=O)c1ccc(-c2cc(-c3c(-c4ccc(C(C)=O)cc4)[nH]c4c(F)cc(F)cc34)c3ccccc3n2)cc1. The molecular weight excluding hydrogens is 522 g/mol. The third-order valence-corrected chi connectivity index (χ3v) is 7.08. The van der Waals surface area contributed by atoms with Gasteiger partial charge in [-0.25, -0.2) is 18.6 Å². The zero-order chi connectivity index (χ0) is 28.7. The van der Waals surface area contributed by atoms with Gasteiger partial charge in [-0.05, 0) is 55.3 Å². The summed E-state index contributed by atoms with van der Waals surface area (Å²) < 4.78 is 34.8. The highest BCUT2D eigenvalue weighted by Crippen LogP contribution is 2.43. The first-order valence-electron chi connectivity index (χ1n) is 13.1. The Balaban J connectivity index is 1.62. The van der Waals surface area contributed by atoms with Crippen LogP contribution in [0.1, 0.15) is 34.6 Å². The Hall–Kier alpha value is -5.17. The monoisotopic (exact) mass is 546 g/mol. The van der Waals surface area contributed by atoms with Gasteiger partial charge in [0.15, 0.2) is 5.78 Å². The number of hydrogen-bond acceptors (Lipinski definition) is 4. The number of benzene rings is 4. The highest BCUT2D eigenvalue weighted by atomic mass is 19.1. The first-order valence-corrected chi connectivity index (χ1v) is 13.1. The fourth-order valence-electron chi connectivity index (χ4n) is 5.11. The fourth-order valence-corrected chi connectivity index (χ4v) is 5.11. The number of H-pyrrole nitrogens is 1. The summed E-state index contributed by atoms with van der Waals surface area (Å²) >= 11 is 0. The van der Waals surface area contributed by atoms with Crippen molar-refractivity contribution in [2.24, 2.45) is 0 Å². The molecule has 202 valence electrons. The second-order valence-corrected chi connectivity index (χ2v) is 9.69. The minimum atomic E-state index is -0.707. The van der Waals surface area contributed by atoms with Crippen molar-refractivity contribution in [3.05, 3.63) is 114 Å². The van der Waals surface area contributed by atoms with Crippen LogP contribution in [-0.2, 0) is 4.74 Å². The van der Waals surface area contributed by atoms with Gasteiger partial charge in [0.2, 0.25) is 0 Å². The predicted molar refractivity (Wildman–Crippen MR) is 156 cm³/mol. The van der Waals surface area contributed by atoms with Gasteiger partial charge in [0.25, 0.3) is 0 Å². The van der Waals surface area contributed by atoms with Crippen molar-refractivity contribution in [2.75, 3.05) is 6.61 Å². The molecule has 4 aromatic carbocycles. The van der Waals surface area contributed by atoms with Gasteiger partial charge >= 0.3 is 5.97 Å². The van der Waals surface area contributed by atoms with Crippen molar-refractivity contribution in [3.63, 3.8) is 0 Å². The van der Waals surface area contributed by atoms with E-state index in [0.29, 0.717) is 44.5 Å². The number of halogens is 2. The number of para-hydroxylation sites is 1. The van der Waals surface area contributed by atoms with E-state index in [9.17, 15) is 14.0 Å². The summed E-state index contributed by atoms with van der Waals surface area (Å²) in [6.45, 7) is 3.52. The number of nitrogens with zero attached hydrogens (tertiary/aromatic N) is 1. The van der Waals surface area contributed by atoms with Gasteiger partial charge < -0.3 is 9.72 Å². The highest BCUT2D eigenvalue weighted by molar-refractivity contribution is 6.11. The average molecular weight is 547 g/mol. The lowest BCUT2D eigenvalue weighted by Gasteiger charge is -2.13. The molecule has 0 radical (unpaired) electrons. The Morgan fingerprint density at radius 3 is 2.22 bits per heavy atom. The topological polar surface area (TPSA) is 72.1 Å². The molecule has 0 saturated carbocycles. The number of ketones is 1. The molecule has 5 nitrogen and oxygen atoms in total. The van der Waals surface area contributed by atoms with E-state index in [1.807, 2.05) is 30.3 Å². The Kier molecular flexibility index (Phi) is 6.63. The first kappa shape index (κ1) is 26.1. The van der Waals surface area contributed by atoms with Crippen molar-refractivity contribution < 1.29 is 23.1 Å². The van der Waals surface area contributed by atoms with E-state index in [4.69, 9.17) is 9.72 Å². The zero-order valence-electron chi connectivity index (χ0n) is 22.3. The molecule has 0 fully saturated rings. The highest BCUT2D eigenvalue weighted by Gasteiger charge is 2.22. The second kappa shape index (κ2) is 10.4. The van der Waals surface area contributed by atoms with Crippen LogP contribution in [0.4, 0.5) is 8.78 Å². The summed E-state index contributed by atoms with van der Waals surface area (Å²) in [5.41, 5.74) is 5.85. The van der Waals surface area contributed by atoms with Crippen LogP contribution in [0, 0.1) is 11.6 Å². The summed E-state index contributed by atoms with van der Waals surface area (Å²) in [7, 11) is 0. The maximum atomic E-state index is 15.1. The van der Waals surface area contributed by atoms with Crippen LogP contribution in [0.2, 0.25) is 0 Å². The Bertz CT molecular complexity index is 1960. The van der Waals surface area contributed by atoms with E-state index >= 15 is 4.39 Å². The van der Waals surface area contributed by atoms with Crippen LogP contribution in [0.5, 0.6) is 0 Å². The number of fused-ring (bicyclic) bond motifs is 2. The van der Waals surface area contributed by atoms with Gasteiger partial charge in [0, 0.05) is 33.5 Å². The van der Waals surface area contributed by atoms with Gasteiger partial charge in [-0.2, -0.15) is 0 Å². The molecule has 0 aliphatic rings. The van der Waals surface area contributed by atoms with Crippen LogP contribution in [0.25, 0.3) is 55.4 Å². The summed E-state index contributed by atoms with van der Waals surface area (Å²) in [5.74, 6) is -1.88. The van der Waals surface area contributed by atoms with Crippen LogP contribution >= 0.6 is 0 Å². The third kappa shape index (κ3) is 4.76. The average Bonchev–Trinajstić information content (AvgIpc) is 3.36. The number of Topliss-reactive ketones (excluding diaryl/α,β-unsaturated/α-hetero) is 1. The van der Waals surface area contributed by atoms with E-state index in [2.05, 4.69) is 4.98 Å². The van der Waals surface area contributed by atoms with Gasteiger partial charge in [-0.15, -0.1) is 0 Å². The number of carbonyl (C=O) groups excluding carboxylic acids is 2. The van der Waals surface area contributed by atoms with E-state index < -0.39 is 17.6 Å². The lowest BCUT2D eigenvalue weighted by atomic mass is 9.93. The second-order valence-electron chi connectivity index (χ2n) is 9.69. The molecule has 0 spiro atoms. The minimum Gasteiger partial charge on any atom is -0.462 e. The maximum absolute atomic E-state index is 15.1. The molecule has 0 unspecified atom stereocenters. The molecule has 2 aromatic heterocycles. The van der Waals surface area contributed by atoms with Crippen LogP contribution in [0.15, 0.2) is 91.0 Å². The molecule has 0 aliphatic heterocycles. The number of aromatic nitrogens is 2. The summed E-state index contributed by atoms with van der Waals surface area (Å²) in [6, 6.07) is 25.6. The van der Waals surface area contributed by atoms with Crippen LogP contribution < -0.4 is 0 Å². The normalized spacial score (nSPS) is 11.2. The number of hydrogen-bond donors (Lipinski definition) is 1. The number of ether oxygens (including phenoxy) is 1. The number of aromatic amines is 1. The fraction of sp³-hybridized carbons (Fsp3) is 0.0882. The number of carbonyl (C=O) groups is 2. The van der Waals surface area contributed by atoms with Crippen molar-refractivity contribution in [1.82, 2.24) is 9.97 Å². The lowest BCUT2D eigenvalue weighted by Crippen LogP contribution is -2.04. The molecule has 6 rings (SSSR count). The molecule has 41 heavy (non-hydrogen) atoms. The Labute approximate surface area is 234 Å². The van der Waals surface area contributed by atoms with Crippen molar-refractivity contribution in [1.29, 1.82) is 0 Å². The zero-order valence-corrected chi connectivity index (χ0v) is 22.3. The standard InChI is InChI=1S/C34H24F2N2O3/c1-3-41-34(40)23-14-10-21(11-15-23)30-18-26(25-6-4-5-7-29(25)37-30)31-27-16-24(35)17-28(36)33(27)38-32(31)22-12-8-20(9-13-22)19(2)39/h4-18,38H,3H2,1-2H3. The van der Waals surface area contributed by atoms with Crippen molar-refractivity contribution in [3.8, 4) is 33.6 Å². The van der Waals surface area contributed by atoms with Crippen molar-refractivity contribution >= 4 is 33.6 Å². The number of rotatable bonds is 6. The number of nitrogens with one attached hydrogen (secondary N) is 1. The number of esters is 1. The molecule has 6 aromatic rings. The van der Waals surface area contributed by atoms with Crippen LogP contribution in [-0.4, -0.2) is 28.3 Å². The quantitative estimate of drug-likeness (QED) is 0.168. The number of pyridine rings is 1. The van der Waals surface area contributed by atoms with Gasteiger partial charge in [-0.3, -0.25) is 4.79 Å². The minimum absolute atomic E-state index is 0.0692. The maximum Gasteiger partial charge on any atom is 0.338 e. The van der Waals surface area contributed by atoms with Crippen molar-refractivity contribution in [2.45, 2.75) is 13.8 Å². The van der Waals surface area contributed by atoms with E-state index in [-0.39, 0.29) is 17.9 Å². The molecule has 0 amide bonds. The smallest absolute Gasteiger partial charge is 0.338 e. The van der Waals surface area contributed by atoms with E-state index in [1.54, 1.807) is 55.5 Å². The molecule has 0 atom stereocenters. The van der Waals surface area contributed by atoms with Gasteiger partial charge in [0.1, 0.15) is 11.6 Å². The third-order valence-electron chi connectivity index (χ3n) is 7.08. The summed E-state index contributed by atoms with van der Waals surface area (Å²) in [6.07, 6.45) is 0. The predicted octanol–water partition coefficient (Wildman–Crippen LogP) is 8.37. The van der Waals surface area contributed by atoms with Gasteiger partial charge in [0.05, 0.1) is 34.6 Å². The molecule has 2 heterocycles. The molecule has 1 N–H and O–H groups in total. The van der Waals surface area contributed by atoms with Gasteiger partial charge in [-0.1, -0.05) is 54.6 Å². The first-order chi connectivity index (χ1) is 19.8.